The van der Waals surface area contributed by atoms with E-state index in [1.807, 2.05) is 4.68 Å². The van der Waals surface area contributed by atoms with Crippen LogP contribution in [-0.4, -0.2) is 27.9 Å². The fourth-order valence-corrected chi connectivity index (χ4v) is 3.49. The van der Waals surface area contributed by atoms with Crippen LogP contribution in [0.1, 0.15) is 62.5 Å². The summed E-state index contributed by atoms with van der Waals surface area (Å²) in [6.45, 7) is 2.33. The molecule has 106 valence electrons. The quantitative estimate of drug-likeness (QED) is 0.909. The Morgan fingerprint density at radius 3 is 2.58 bits per heavy atom. The molecule has 1 aliphatic carbocycles. The third-order valence-corrected chi connectivity index (χ3v) is 4.77. The van der Waals surface area contributed by atoms with Crippen LogP contribution in [-0.2, 0) is 13.5 Å². The fraction of sp³-hybridized carbons (Fsp3) is 0.867. The minimum atomic E-state index is 0.627. The smallest absolute Gasteiger partial charge is 0.154 e. The van der Waals surface area contributed by atoms with Crippen molar-refractivity contribution in [1.29, 1.82) is 0 Å². The van der Waals surface area contributed by atoms with Crippen LogP contribution in [0.5, 0.6) is 0 Å². The molecule has 0 atom stereocenters. The Kier molecular flexibility index (Phi) is 4.16. The summed E-state index contributed by atoms with van der Waals surface area (Å²) in [6.07, 6.45) is 10.4. The summed E-state index contributed by atoms with van der Waals surface area (Å²) < 4.78 is 2.03. The van der Waals surface area contributed by atoms with Crippen molar-refractivity contribution in [2.75, 3.05) is 13.1 Å². The maximum Gasteiger partial charge on any atom is 0.154 e. The average molecular weight is 262 g/mol. The number of hydrogen-bond donors (Lipinski definition) is 1. The monoisotopic (exact) mass is 262 g/mol. The summed E-state index contributed by atoms with van der Waals surface area (Å²) in [7, 11) is 2.07. The van der Waals surface area contributed by atoms with Crippen molar-refractivity contribution >= 4 is 0 Å². The molecule has 2 fully saturated rings. The van der Waals surface area contributed by atoms with Crippen LogP contribution in [0.25, 0.3) is 0 Å². The molecule has 1 aliphatic heterocycles. The molecule has 1 saturated carbocycles. The van der Waals surface area contributed by atoms with Gasteiger partial charge in [-0.3, -0.25) is 4.68 Å². The van der Waals surface area contributed by atoms with Gasteiger partial charge in [-0.05, 0) is 44.7 Å². The standard InChI is InChI=1S/C15H26N4/c1-19-14(11-12-7-9-16-10-8-12)17-15(18-19)13-5-3-2-4-6-13/h12-13,16H,2-11H2,1H3. The largest absolute Gasteiger partial charge is 0.317 e. The zero-order valence-electron chi connectivity index (χ0n) is 12.1. The molecule has 4 heteroatoms. The van der Waals surface area contributed by atoms with E-state index < -0.39 is 0 Å². The molecule has 0 aromatic carbocycles. The van der Waals surface area contributed by atoms with E-state index in [9.17, 15) is 0 Å². The van der Waals surface area contributed by atoms with Crippen molar-refractivity contribution in [3.63, 3.8) is 0 Å². The van der Waals surface area contributed by atoms with Crippen molar-refractivity contribution < 1.29 is 0 Å². The number of nitrogens with one attached hydrogen (secondary N) is 1. The number of piperidine rings is 1. The van der Waals surface area contributed by atoms with Crippen LogP contribution in [0.2, 0.25) is 0 Å². The number of nitrogens with zero attached hydrogens (tertiary/aromatic N) is 3. The van der Waals surface area contributed by atoms with Gasteiger partial charge in [0.15, 0.2) is 5.82 Å². The van der Waals surface area contributed by atoms with Gasteiger partial charge in [0.2, 0.25) is 0 Å². The minimum Gasteiger partial charge on any atom is -0.317 e. The lowest BCUT2D eigenvalue weighted by molar-refractivity contribution is 0.363. The van der Waals surface area contributed by atoms with E-state index in [2.05, 4.69) is 17.5 Å². The van der Waals surface area contributed by atoms with E-state index in [0.29, 0.717) is 5.92 Å². The summed E-state index contributed by atoms with van der Waals surface area (Å²) in [5.74, 6) is 3.74. The molecule has 1 N–H and O–H groups in total. The van der Waals surface area contributed by atoms with E-state index in [-0.39, 0.29) is 0 Å². The van der Waals surface area contributed by atoms with E-state index in [4.69, 9.17) is 4.98 Å². The molecule has 1 saturated heterocycles. The number of rotatable bonds is 3. The van der Waals surface area contributed by atoms with Gasteiger partial charge in [-0.15, -0.1) is 0 Å². The molecule has 2 heterocycles. The molecular weight excluding hydrogens is 236 g/mol. The highest BCUT2D eigenvalue weighted by Gasteiger charge is 2.22. The number of aryl methyl sites for hydroxylation is 1. The lowest BCUT2D eigenvalue weighted by atomic mass is 9.89. The highest BCUT2D eigenvalue weighted by atomic mass is 15.3. The van der Waals surface area contributed by atoms with Crippen LogP contribution >= 0.6 is 0 Å². The highest BCUT2D eigenvalue weighted by molar-refractivity contribution is 5.01. The fourth-order valence-electron chi connectivity index (χ4n) is 3.49. The summed E-state index contributed by atoms with van der Waals surface area (Å²) in [6, 6.07) is 0. The van der Waals surface area contributed by atoms with E-state index >= 15 is 0 Å². The van der Waals surface area contributed by atoms with Crippen LogP contribution < -0.4 is 5.32 Å². The average Bonchev–Trinajstić information content (AvgIpc) is 2.82. The Bertz CT molecular complexity index is 400. The Morgan fingerprint density at radius 2 is 1.84 bits per heavy atom. The first-order valence-electron chi connectivity index (χ1n) is 7.93. The Hall–Kier alpha value is -0.900. The van der Waals surface area contributed by atoms with Gasteiger partial charge in [0.05, 0.1) is 0 Å². The third-order valence-electron chi connectivity index (χ3n) is 4.77. The zero-order valence-corrected chi connectivity index (χ0v) is 12.1. The van der Waals surface area contributed by atoms with E-state index in [1.165, 1.54) is 50.8 Å². The summed E-state index contributed by atoms with van der Waals surface area (Å²) >= 11 is 0. The van der Waals surface area contributed by atoms with Crippen molar-refractivity contribution in [3.8, 4) is 0 Å². The van der Waals surface area contributed by atoms with Gasteiger partial charge in [-0.2, -0.15) is 5.10 Å². The first-order valence-corrected chi connectivity index (χ1v) is 7.93. The molecule has 0 radical (unpaired) electrons. The van der Waals surface area contributed by atoms with Crippen molar-refractivity contribution in [2.24, 2.45) is 13.0 Å². The number of aromatic nitrogens is 3. The molecule has 0 spiro atoms. The second-order valence-electron chi connectivity index (χ2n) is 6.24. The lowest BCUT2D eigenvalue weighted by Gasteiger charge is -2.21. The second kappa shape index (κ2) is 6.04. The number of hydrogen-bond acceptors (Lipinski definition) is 3. The first-order chi connectivity index (χ1) is 9.33. The molecule has 1 aromatic heterocycles. The van der Waals surface area contributed by atoms with Crippen molar-refractivity contribution in [3.05, 3.63) is 11.6 Å². The van der Waals surface area contributed by atoms with Crippen LogP contribution in [0.3, 0.4) is 0 Å². The molecule has 0 unspecified atom stereocenters. The molecule has 0 amide bonds. The Morgan fingerprint density at radius 1 is 1.11 bits per heavy atom. The predicted molar refractivity (Wildman–Crippen MR) is 76.1 cm³/mol. The molecule has 3 rings (SSSR count). The normalized spacial score (nSPS) is 22.8. The molecule has 1 aromatic rings. The molecule has 2 aliphatic rings. The van der Waals surface area contributed by atoms with Crippen LogP contribution in [0.4, 0.5) is 0 Å². The maximum atomic E-state index is 4.86. The second-order valence-corrected chi connectivity index (χ2v) is 6.24. The van der Waals surface area contributed by atoms with Gasteiger partial charge in [0.25, 0.3) is 0 Å². The predicted octanol–water partition coefficient (Wildman–Crippen LogP) is 2.40. The van der Waals surface area contributed by atoms with Crippen molar-refractivity contribution in [2.45, 2.75) is 57.3 Å². The summed E-state index contributed by atoms with van der Waals surface area (Å²) in [5.41, 5.74) is 0. The Balaban J connectivity index is 1.66. The molecule has 0 bridgehead atoms. The van der Waals surface area contributed by atoms with Gasteiger partial charge in [-0.1, -0.05) is 19.3 Å². The molecule has 19 heavy (non-hydrogen) atoms. The summed E-state index contributed by atoms with van der Waals surface area (Å²) in [4.78, 5) is 4.86. The topological polar surface area (TPSA) is 42.7 Å². The van der Waals surface area contributed by atoms with Crippen LogP contribution in [0, 0.1) is 5.92 Å². The SMILES string of the molecule is Cn1nc(C2CCCCC2)nc1CC1CCNCC1. The van der Waals surface area contributed by atoms with Crippen molar-refractivity contribution in [1.82, 2.24) is 20.1 Å². The third kappa shape index (κ3) is 3.16. The van der Waals surface area contributed by atoms with E-state index in [0.717, 1.165) is 31.3 Å². The van der Waals surface area contributed by atoms with Gasteiger partial charge in [-0.25, -0.2) is 4.98 Å². The van der Waals surface area contributed by atoms with Gasteiger partial charge >= 0.3 is 0 Å². The summed E-state index contributed by atoms with van der Waals surface area (Å²) in [5, 5.41) is 8.12. The molecular formula is C15H26N4. The minimum absolute atomic E-state index is 0.627. The van der Waals surface area contributed by atoms with Gasteiger partial charge in [0, 0.05) is 19.4 Å². The molecule has 4 nitrogen and oxygen atoms in total. The maximum absolute atomic E-state index is 4.86. The van der Waals surface area contributed by atoms with E-state index in [1.54, 1.807) is 0 Å². The Labute approximate surface area is 116 Å². The van der Waals surface area contributed by atoms with Gasteiger partial charge in [0.1, 0.15) is 5.82 Å². The van der Waals surface area contributed by atoms with Crippen LogP contribution in [0.15, 0.2) is 0 Å². The highest BCUT2D eigenvalue weighted by Crippen LogP contribution is 2.31. The lowest BCUT2D eigenvalue weighted by Crippen LogP contribution is -2.29. The van der Waals surface area contributed by atoms with Gasteiger partial charge < -0.3 is 5.32 Å². The zero-order chi connectivity index (χ0) is 13.1. The first kappa shape index (κ1) is 13.1.